The molecular weight excluding hydrogens is 340 g/mol. The third-order valence-corrected chi connectivity index (χ3v) is 4.52. The molecule has 0 fully saturated rings. The van der Waals surface area contributed by atoms with E-state index in [-0.39, 0.29) is 31.3 Å². The fraction of sp³-hybridized carbons (Fsp3) is 0.278. The molecule has 0 bridgehead atoms. The molecule has 2 amide bonds. The minimum Gasteiger partial charge on any atom is -0.480 e. The number of thiophene rings is 1. The lowest BCUT2D eigenvalue weighted by Crippen LogP contribution is -2.38. The third-order valence-electron chi connectivity index (χ3n) is 3.54. The molecule has 0 radical (unpaired) electrons. The molecule has 0 saturated heterocycles. The number of nitrogens with one attached hydrogen (secondary N) is 1. The molecule has 1 heterocycles. The summed E-state index contributed by atoms with van der Waals surface area (Å²) in [6.45, 7) is 1.22. The number of carbonyl (C=O) groups is 3. The van der Waals surface area contributed by atoms with Crippen LogP contribution in [0, 0.1) is 0 Å². The van der Waals surface area contributed by atoms with Gasteiger partial charge in [-0.2, -0.15) is 0 Å². The molecule has 1 aromatic heterocycles. The van der Waals surface area contributed by atoms with Gasteiger partial charge in [0.15, 0.2) is 0 Å². The number of hydrogen-bond donors (Lipinski definition) is 2. The van der Waals surface area contributed by atoms with Crippen molar-refractivity contribution in [2.24, 2.45) is 0 Å². The Morgan fingerprint density at radius 3 is 2.44 bits per heavy atom. The smallest absolute Gasteiger partial charge is 0.323 e. The highest BCUT2D eigenvalue weighted by atomic mass is 32.1. The maximum atomic E-state index is 12.7. The number of amides is 2. The van der Waals surface area contributed by atoms with Crippen molar-refractivity contribution >= 4 is 29.1 Å². The molecule has 2 aromatic rings. The maximum Gasteiger partial charge on any atom is 0.323 e. The van der Waals surface area contributed by atoms with E-state index >= 15 is 0 Å². The molecule has 0 aliphatic carbocycles. The lowest BCUT2D eigenvalue weighted by atomic mass is 10.1. The van der Waals surface area contributed by atoms with Crippen molar-refractivity contribution < 1.29 is 19.5 Å². The van der Waals surface area contributed by atoms with Crippen molar-refractivity contribution in [1.82, 2.24) is 10.2 Å². The van der Waals surface area contributed by atoms with Crippen molar-refractivity contribution in [2.45, 2.75) is 25.9 Å². The van der Waals surface area contributed by atoms with Crippen LogP contribution in [0.4, 0.5) is 0 Å². The van der Waals surface area contributed by atoms with Gasteiger partial charge in [-0.3, -0.25) is 14.4 Å². The van der Waals surface area contributed by atoms with E-state index in [1.807, 2.05) is 47.8 Å². The summed E-state index contributed by atoms with van der Waals surface area (Å²) in [6.07, 6.45) is 0.0141. The minimum atomic E-state index is -1.07. The van der Waals surface area contributed by atoms with Crippen LogP contribution in [0.5, 0.6) is 0 Å². The Balaban J connectivity index is 2.13. The highest BCUT2D eigenvalue weighted by molar-refractivity contribution is 7.10. The molecule has 1 atom stereocenters. The largest absolute Gasteiger partial charge is 0.480 e. The fourth-order valence-corrected chi connectivity index (χ4v) is 3.24. The predicted octanol–water partition coefficient (Wildman–Crippen LogP) is 2.43. The van der Waals surface area contributed by atoms with Gasteiger partial charge >= 0.3 is 5.97 Å². The topological polar surface area (TPSA) is 86.7 Å². The molecule has 25 heavy (non-hydrogen) atoms. The van der Waals surface area contributed by atoms with Crippen molar-refractivity contribution in [3.8, 4) is 0 Å². The number of carbonyl (C=O) groups excluding carboxylic acids is 2. The van der Waals surface area contributed by atoms with Crippen LogP contribution in [0.3, 0.4) is 0 Å². The monoisotopic (exact) mass is 360 g/mol. The Morgan fingerprint density at radius 2 is 1.88 bits per heavy atom. The summed E-state index contributed by atoms with van der Waals surface area (Å²) in [5.41, 5.74) is 0.851. The van der Waals surface area contributed by atoms with Crippen LogP contribution in [0.15, 0.2) is 47.8 Å². The van der Waals surface area contributed by atoms with Crippen LogP contribution in [0.2, 0.25) is 0 Å². The van der Waals surface area contributed by atoms with E-state index in [2.05, 4.69) is 5.32 Å². The van der Waals surface area contributed by atoms with Crippen LogP contribution < -0.4 is 5.32 Å². The molecule has 6 nitrogen and oxygen atoms in total. The second-order valence-electron chi connectivity index (χ2n) is 5.60. The molecule has 0 spiro atoms. The van der Waals surface area contributed by atoms with Gasteiger partial charge in [-0.15, -0.1) is 11.3 Å². The summed E-state index contributed by atoms with van der Waals surface area (Å²) in [5.74, 6) is -1.63. The van der Waals surface area contributed by atoms with Crippen molar-refractivity contribution in [1.29, 1.82) is 0 Å². The van der Waals surface area contributed by atoms with Gasteiger partial charge in [-0.25, -0.2) is 0 Å². The zero-order chi connectivity index (χ0) is 18.2. The van der Waals surface area contributed by atoms with E-state index in [0.717, 1.165) is 10.4 Å². The summed E-state index contributed by atoms with van der Waals surface area (Å²) < 4.78 is 0. The average molecular weight is 360 g/mol. The Kier molecular flexibility index (Phi) is 6.71. The summed E-state index contributed by atoms with van der Waals surface area (Å²) in [4.78, 5) is 37.4. The highest BCUT2D eigenvalue weighted by Crippen LogP contribution is 2.23. The quantitative estimate of drug-likeness (QED) is 0.757. The highest BCUT2D eigenvalue weighted by Gasteiger charge is 2.23. The van der Waals surface area contributed by atoms with Crippen LogP contribution >= 0.6 is 11.3 Å². The molecule has 2 rings (SSSR count). The number of rotatable bonds is 8. The molecule has 132 valence electrons. The first-order valence-corrected chi connectivity index (χ1v) is 8.67. The lowest BCUT2D eigenvalue weighted by molar-refractivity contribution is -0.145. The van der Waals surface area contributed by atoms with E-state index in [4.69, 9.17) is 5.11 Å². The molecule has 1 unspecified atom stereocenters. The average Bonchev–Trinajstić information content (AvgIpc) is 3.08. The predicted molar refractivity (Wildman–Crippen MR) is 95.0 cm³/mol. The fourth-order valence-electron chi connectivity index (χ4n) is 2.46. The van der Waals surface area contributed by atoms with Gasteiger partial charge in [0.25, 0.3) is 0 Å². The summed E-state index contributed by atoms with van der Waals surface area (Å²) in [5, 5.41) is 13.7. The van der Waals surface area contributed by atoms with Crippen LogP contribution in [-0.4, -0.2) is 34.3 Å². The first kappa shape index (κ1) is 18.7. The van der Waals surface area contributed by atoms with E-state index < -0.39 is 12.0 Å². The second-order valence-corrected chi connectivity index (χ2v) is 6.58. The Morgan fingerprint density at radius 1 is 1.16 bits per heavy atom. The van der Waals surface area contributed by atoms with Gasteiger partial charge < -0.3 is 15.3 Å². The van der Waals surface area contributed by atoms with Crippen molar-refractivity contribution in [3.05, 3.63) is 58.3 Å². The van der Waals surface area contributed by atoms with Crippen LogP contribution in [0.1, 0.15) is 29.8 Å². The van der Waals surface area contributed by atoms with E-state index in [1.54, 1.807) is 0 Å². The zero-order valence-electron chi connectivity index (χ0n) is 13.8. The molecule has 0 aliphatic rings. The SMILES string of the molecule is CC(=O)NC(CC(=O)N(CC(=O)O)Cc1ccccc1)c1cccs1. The van der Waals surface area contributed by atoms with E-state index in [9.17, 15) is 14.4 Å². The number of aliphatic carboxylic acids is 1. The Labute approximate surface area is 150 Å². The van der Waals surface area contributed by atoms with Gasteiger partial charge in [0.2, 0.25) is 11.8 Å². The number of carboxylic acid groups (broad SMARTS) is 1. The first-order valence-electron chi connectivity index (χ1n) is 7.79. The van der Waals surface area contributed by atoms with Gasteiger partial charge in [0.05, 0.1) is 12.5 Å². The van der Waals surface area contributed by atoms with E-state index in [0.29, 0.717) is 0 Å². The normalized spacial score (nSPS) is 11.6. The molecule has 1 aromatic carbocycles. The molecule has 0 saturated carbocycles. The molecule has 2 N–H and O–H groups in total. The standard InChI is InChI=1S/C18H20N2O4S/c1-13(21)19-15(16-8-5-9-25-16)10-17(22)20(12-18(23)24)11-14-6-3-2-4-7-14/h2-9,15H,10-12H2,1H3,(H,19,21)(H,23,24). The number of benzene rings is 1. The Hall–Kier alpha value is -2.67. The van der Waals surface area contributed by atoms with E-state index in [1.165, 1.54) is 23.2 Å². The first-order chi connectivity index (χ1) is 12.0. The Bertz CT molecular complexity index is 716. The number of nitrogens with zero attached hydrogens (tertiary/aromatic N) is 1. The van der Waals surface area contributed by atoms with Crippen LogP contribution in [0.25, 0.3) is 0 Å². The van der Waals surface area contributed by atoms with Gasteiger partial charge in [-0.1, -0.05) is 36.4 Å². The minimum absolute atomic E-state index is 0.0141. The second kappa shape index (κ2) is 8.98. The number of carboxylic acids is 1. The molecule has 0 aliphatic heterocycles. The van der Waals surface area contributed by atoms with Gasteiger partial charge in [-0.05, 0) is 17.0 Å². The summed E-state index contributed by atoms with van der Waals surface area (Å²) >= 11 is 1.44. The van der Waals surface area contributed by atoms with Crippen molar-refractivity contribution in [2.75, 3.05) is 6.54 Å². The lowest BCUT2D eigenvalue weighted by Gasteiger charge is -2.24. The summed E-state index contributed by atoms with van der Waals surface area (Å²) in [6, 6.07) is 12.4. The van der Waals surface area contributed by atoms with Crippen LogP contribution in [-0.2, 0) is 20.9 Å². The van der Waals surface area contributed by atoms with Gasteiger partial charge in [0.1, 0.15) is 6.54 Å². The molecular formula is C18H20N2O4S. The maximum absolute atomic E-state index is 12.7. The van der Waals surface area contributed by atoms with Crippen molar-refractivity contribution in [3.63, 3.8) is 0 Å². The number of hydrogen-bond acceptors (Lipinski definition) is 4. The van der Waals surface area contributed by atoms with Gasteiger partial charge in [0, 0.05) is 18.3 Å². The third kappa shape index (κ3) is 6.04. The zero-order valence-corrected chi connectivity index (χ0v) is 14.7. The summed E-state index contributed by atoms with van der Waals surface area (Å²) in [7, 11) is 0. The molecule has 7 heteroatoms.